The summed E-state index contributed by atoms with van der Waals surface area (Å²) in [5.41, 5.74) is 2.84. The minimum Gasteiger partial charge on any atom is -0.339 e. The molecule has 1 saturated heterocycles. The number of hydrogen-bond donors (Lipinski definition) is 1. The molecular weight excluding hydrogens is 383 g/mol. The van der Waals surface area contributed by atoms with Gasteiger partial charge in [0, 0.05) is 19.5 Å². The van der Waals surface area contributed by atoms with Gasteiger partial charge in [-0.05, 0) is 49.4 Å². The predicted molar refractivity (Wildman–Crippen MR) is 110 cm³/mol. The number of aryl methyl sites for hydroxylation is 2. The summed E-state index contributed by atoms with van der Waals surface area (Å²) in [5.74, 6) is -0.175. The van der Waals surface area contributed by atoms with E-state index in [1.165, 1.54) is 0 Å². The maximum absolute atomic E-state index is 12.9. The highest BCUT2D eigenvalue weighted by molar-refractivity contribution is 6.42. The van der Waals surface area contributed by atoms with E-state index in [-0.39, 0.29) is 18.2 Å². The summed E-state index contributed by atoms with van der Waals surface area (Å²) in [6.45, 7) is 3.44. The normalized spacial score (nSPS) is 13.7. The van der Waals surface area contributed by atoms with Crippen molar-refractivity contribution < 1.29 is 9.59 Å². The van der Waals surface area contributed by atoms with Gasteiger partial charge in [-0.25, -0.2) is 0 Å². The van der Waals surface area contributed by atoms with E-state index in [2.05, 4.69) is 5.32 Å². The lowest BCUT2D eigenvalue weighted by Gasteiger charge is -2.19. The third-order valence-corrected chi connectivity index (χ3v) is 5.67. The summed E-state index contributed by atoms with van der Waals surface area (Å²) >= 11 is 12.2. The van der Waals surface area contributed by atoms with Gasteiger partial charge in [-0.1, -0.05) is 47.5 Å². The van der Waals surface area contributed by atoms with Gasteiger partial charge < -0.3 is 10.2 Å². The molecule has 0 atom stereocenters. The van der Waals surface area contributed by atoms with Crippen LogP contribution in [0.1, 0.15) is 40.7 Å². The number of carbonyl (C=O) groups excluding carboxylic acids is 2. The fraction of sp³-hybridized carbons (Fsp3) is 0.333. The number of anilines is 1. The highest BCUT2D eigenvalue weighted by atomic mass is 35.5. The Labute approximate surface area is 169 Å². The first-order valence-electron chi connectivity index (χ1n) is 9.09. The highest BCUT2D eigenvalue weighted by Crippen LogP contribution is 2.27. The third kappa shape index (κ3) is 4.63. The second kappa shape index (κ2) is 8.77. The minimum atomic E-state index is -0.160. The zero-order valence-electron chi connectivity index (χ0n) is 15.2. The molecule has 2 amide bonds. The number of rotatable bonds is 5. The Kier molecular flexibility index (Phi) is 6.40. The smallest absolute Gasteiger partial charge is 0.256 e. The van der Waals surface area contributed by atoms with E-state index >= 15 is 0 Å². The maximum atomic E-state index is 12.9. The van der Waals surface area contributed by atoms with Gasteiger partial charge in [0.15, 0.2) is 0 Å². The van der Waals surface area contributed by atoms with Crippen molar-refractivity contribution in [3.8, 4) is 0 Å². The zero-order chi connectivity index (χ0) is 19.4. The lowest BCUT2D eigenvalue weighted by molar-refractivity contribution is -0.116. The van der Waals surface area contributed by atoms with Crippen LogP contribution in [0.5, 0.6) is 0 Å². The van der Waals surface area contributed by atoms with Gasteiger partial charge in [-0.2, -0.15) is 0 Å². The minimum absolute atomic E-state index is 0.0150. The van der Waals surface area contributed by atoms with Crippen LogP contribution in [0.3, 0.4) is 0 Å². The van der Waals surface area contributed by atoms with Gasteiger partial charge >= 0.3 is 0 Å². The van der Waals surface area contributed by atoms with Crippen molar-refractivity contribution in [2.45, 2.75) is 32.6 Å². The molecule has 1 aliphatic rings. The number of carbonyl (C=O) groups is 2. The van der Waals surface area contributed by atoms with Crippen LogP contribution in [-0.2, 0) is 11.2 Å². The molecule has 0 spiro atoms. The summed E-state index contributed by atoms with van der Waals surface area (Å²) in [6.07, 6.45) is 2.79. The maximum Gasteiger partial charge on any atom is 0.256 e. The molecule has 2 aromatic rings. The molecule has 142 valence electrons. The third-order valence-electron chi connectivity index (χ3n) is 4.81. The van der Waals surface area contributed by atoms with Crippen LogP contribution in [0.2, 0.25) is 10.0 Å². The van der Waals surface area contributed by atoms with Gasteiger partial charge in [-0.15, -0.1) is 0 Å². The molecule has 3 rings (SSSR count). The van der Waals surface area contributed by atoms with Gasteiger partial charge in [-0.3, -0.25) is 9.59 Å². The van der Waals surface area contributed by atoms with Crippen molar-refractivity contribution >= 4 is 40.7 Å². The van der Waals surface area contributed by atoms with Crippen molar-refractivity contribution in [2.75, 3.05) is 18.4 Å². The monoisotopic (exact) mass is 404 g/mol. The van der Waals surface area contributed by atoms with E-state index in [1.54, 1.807) is 12.1 Å². The van der Waals surface area contributed by atoms with E-state index in [0.717, 1.165) is 37.1 Å². The average molecular weight is 405 g/mol. The molecule has 2 aromatic carbocycles. The number of hydrogen-bond acceptors (Lipinski definition) is 2. The summed E-state index contributed by atoms with van der Waals surface area (Å²) in [5, 5.41) is 3.86. The summed E-state index contributed by atoms with van der Waals surface area (Å²) in [6, 6.07) is 10.9. The van der Waals surface area contributed by atoms with Gasteiger partial charge in [0.2, 0.25) is 5.91 Å². The van der Waals surface area contributed by atoms with Crippen molar-refractivity contribution in [1.29, 1.82) is 0 Å². The molecule has 0 saturated carbocycles. The Morgan fingerprint density at radius 1 is 1.07 bits per heavy atom. The predicted octanol–water partition coefficient (Wildman–Crippen LogP) is 5.11. The summed E-state index contributed by atoms with van der Waals surface area (Å²) in [4.78, 5) is 27.2. The largest absolute Gasteiger partial charge is 0.339 e. The first kappa shape index (κ1) is 19.7. The first-order chi connectivity index (χ1) is 13.0. The van der Waals surface area contributed by atoms with Gasteiger partial charge in [0.1, 0.15) is 0 Å². The van der Waals surface area contributed by atoms with E-state index in [9.17, 15) is 9.59 Å². The molecular formula is C21H22Cl2N2O2. The van der Waals surface area contributed by atoms with Crippen molar-refractivity contribution in [1.82, 2.24) is 4.90 Å². The highest BCUT2D eigenvalue weighted by Gasteiger charge is 2.24. The van der Waals surface area contributed by atoms with Crippen LogP contribution in [0.25, 0.3) is 0 Å². The number of halogens is 2. The van der Waals surface area contributed by atoms with Crippen molar-refractivity contribution in [3.05, 3.63) is 63.1 Å². The zero-order valence-corrected chi connectivity index (χ0v) is 16.7. The Morgan fingerprint density at radius 3 is 2.52 bits per heavy atom. The summed E-state index contributed by atoms with van der Waals surface area (Å²) < 4.78 is 0. The molecule has 1 heterocycles. The summed E-state index contributed by atoms with van der Waals surface area (Å²) in [7, 11) is 0. The average Bonchev–Trinajstić information content (AvgIpc) is 3.17. The second-order valence-electron chi connectivity index (χ2n) is 6.76. The van der Waals surface area contributed by atoms with E-state index in [4.69, 9.17) is 23.2 Å². The number of likely N-dealkylation sites (tertiary alicyclic amines) is 1. The Balaban J connectivity index is 1.71. The van der Waals surface area contributed by atoms with Crippen LogP contribution in [-0.4, -0.2) is 29.8 Å². The number of amides is 2. The lowest BCUT2D eigenvalue weighted by atomic mass is 10.0. The van der Waals surface area contributed by atoms with Gasteiger partial charge in [0.25, 0.3) is 5.91 Å². The molecule has 1 N–H and O–H groups in total. The SMILES string of the molecule is Cc1cccc(NC(=O)CCc2cccc(Cl)c2Cl)c1C(=O)N1CCCC1. The van der Waals surface area contributed by atoms with Crippen LogP contribution in [0, 0.1) is 6.92 Å². The fourth-order valence-corrected chi connectivity index (χ4v) is 3.75. The molecule has 0 radical (unpaired) electrons. The Hall–Kier alpha value is -2.04. The van der Waals surface area contributed by atoms with Crippen LogP contribution < -0.4 is 5.32 Å². The molecule has 27 heavy (non-hydrogen) atoms. The quantitative estimate of drug-likeness (QED) is 0.752. The Morgan fingerprint density at radius 2 is 1.78 bits per heavy atom. The fourth-order valence-electron chi connectivity index (χ4n) is 3.34. The van der Waals surface area contributed by atoms with Crippen LogP contribution in [0.15, 0.2) is 36.4 Å². The van der Waals surface area contributed by atoms with Crippen molar-refractivity contribution in [3.63, 3.8) is 0 Å². The number of nitrogens with zero attached hydrogens (tertiary/aromatic N) is 1. The van der Waals surface area contributed by atoms with Crippen LogP contribution >= 0.6 is 23.2 Å². The van der Waals surface area contributed by atoms with E-state index in [0.29, 0.717) is 27.7 Å². The lowest BCUT2D eigenvalue weighted by Crippen LogP contribution is -2.29. The molecule has 0 unspecified atom stereocenters. The first-order valence-corrected chi connectivity index (χ1v) is 9.84. The second-order valence-corrected chi connectivity index (χ2v) is 7.54. The van der Waals surface area contributed by atoms with Gasteiger partial charge in [0.05, 0.1) is 21.3 Å². The van der Waals surface area contributed by atoms with Crippen molar-refractivity contribution in [2.24, 2.45) is 0 Å². The molecule has 1 fully saturated rings. The molecule has 0 aromatic heterocycles. The molecule has 0 aliphatic carbocycles. The van der Waals surface area contributed by atoms with E-state index in [1.807, 2.05) is 36.1 Å². The molecule has 0 bridgehead atoms. The topological polar surface area (TPSA) is 49.4 Å². The number of benzene rings is 2. The van der Waals surface area contributed by atoms with E-state index < -0.39 is 0 Å². The standard InChI is InChI=1S/C21H22Cl2N2O2/c1-14-6-4-9-17(19(14)21(27)25-12-2-3-13-25)24-18(26)11-10-15-7-5-8-16(22)20(15)23/h4-9H,2-3,10-13H2,1H3,(H,24,26). The number of nitrogens with one attached hydrogen (secondary N) is 1. The molecule has 6 heteroatoms. The molecule has 4 nitrogen and oxygen atoms in total. The molecule has 1 aliphatic heterocycles. The van der Waals surface area contributed by atoms with Crippen LogP contribution in [0.4, 0.5) is 5.69 Å². The Bertz CT molecular complexity index is 861.